The van der Waals surface area contributed by atoms with Gasteiger partial charge in [0.15, 0.2) is 0 Å². The Balaban J connectivity index is 1.34. The molecule has 0 N–H and O–H groups in total. The lowest BCUT2D eigenvalue weighted by Gasteiger charge is -2.56. The Bertz CT molecular complexity index is 477. The van der Waals surface area contributed by atoms with Crippen LogP contribution >= 0.6 is 0 Å². The number of carbonyl (C=O) groups excluding carboxylic acids is 3. The highest BCUT2D eigenvalue weighted by molar-refractivity contribution is 6.01. The topological polar surface area (TPSA) is 72.9 Å². The predicted octanol–water partition coefficient (Wildman–Crippen LogP) is 2.42. The van der Waals surface area contributed by atoms with Crippen LogP contribution in [0.25, 0.3) is 0 Å². The average molecular weight is 307 g/mol. The van der Waals surface area contributed by atoms with Crippen molar-refractivity contribution in [2.24, 2.45) is 23.2 Å². The molecule has 6 nitrogen and oxygen atoms in total. The Kier molecular flexibility index (Phi) is 3.16. The first kappa shape index (κ1) is 14.0. The molecule has 0 aromatic heterocycles. The van der Waals surface area contributed by atoms with Crippen molar-refractivity contribution in [1.29, 1.82) is 0 Å². The third-order valence-electron chi connectivity index (χ3n) is 5.83. The number of ether oxygens (including phenoxy) is 1. The normalized spacial score (nSPS) is 39.5. The van der Waals surface area contributed by atoms with E-state index in [0.29, 0.717) is 11.7 Å². The smallest absolute Gasteiger partial charge is 0.432 e. The fourth-order valence-corrected chi connectivity index (χ4v) is 5.44. The van der Waals surface area contributed by atoms with E-state index in [4.69, 9.17) is 9.57 Å². The van der Waals surface area contributed by atoms with E-state index in [1.54, 1.807) is 0 Å². The molecule has 4 saturated carbocycles. The van der Waals surface area contributed by atoms with Gasteiger partial charge in [-0.1, -0.05) is 5.06 Å². The summed E-state index contributed by atoms with van der Waals surface area (Å²) in [5, 5.41) is 0.544. The molecule has 4 aliphatic carbocycles. The third kappa shape index (κ3) is 2.38. The second-order valence-corrected chi connectivity index (χ2v) is 7.63. The minimum Gasteiger partial charge on any atom is -0.432 e. The SMILES string of the molecule is O=C(OCC12CC3CC(CC(C3)C1)C2)ON1C(=O)CCC1=O. The molecule has 1 aliphatic heterocycles. The molecular formula is C16H21NO5. The van der Waals surface area contributed by atoms with E-state index in [0.717, 1.165) is 37.0 Å². The van der Waals surface area contributed by atoms with Crippen molar-refractivity contribution in [1.82, 2.24) is 5.06 Å². The van der Waals surface area contributed by atoms with Crippen LogP contribution in [-0.2, 0) is 19.2 Å². The second kappa shape index (κ2) is 4.96. The van der Waals surface area contributed by atoms with Crippen molar-refractivity contribution < 1.29 is 24.0 Å². The number of amides is 2. The highest BCUT2D eigenvalue weighted by Crippen LogP contribution is 2.60. The summed E-state index contributed by atoms with van der Waals surface area (Å²) >= 11 is 0. The summed E-state index contributed by atoms with van der Waals surface area (Å²) in [6.45, 7) is 0.353. The van der Waals surface area contributed by atoms with Gasteiger partial charge in [-0.25, -0.2) is 4.79 Å². The summed E-state index contributed by atoms with van der Waals surface area (Å²) in [4.78, 5) is 39.4. The van der Waals surface area contributed by atoms with Gasteiger partial charge in [-0.2, -0.15) is 0 Å². The van der Waals surface area contributed by atoms with Gasteiger partial charge in [0, 0.05) is 18.3 Å². The Morgan fingerprint density at radius 2 is 1.50 bits per heavy atom. The van der Waals surface area contributed by atoms with Crippen molar-refractivity contribution in [2.45, 2.75) is 51.4 Å². The molecule has 22 heavy (non-hydrogen) atoms. The molecule has 0 unspecified atom stereocenters. The van der Waals surface area contributed by atoms with Crippen molar-refractivity contribution in [3.05, 3.63) is 0 Å². The fraction of sp³-hybridized carbons (Fsp3) is 0.812. The van der Waals surface area contributed by atoms with Crippen LogP contribution in [0.5, 0.6) is 0 Å². The van der Waals surface area contributed by atoms with Crippen LogP contribution in [0.4, 0.5) is 4.79 Å². The Morgan fingerprint density at radius 3 is 2.00 bits per heavy atom. The summed E-state index contributed by atoms with van der Waals surface area (Å²) < 4.78 is 5.28. The average Bonchev–Trinajstić information content (AvgIpc) is 2.76. The first-order chi connectivity index (χ1) is 10.5. The molecule has 6 heteroatoms. The van der Waals surface area contributed by atoms with E-state index < -0.39 is 18.0 Å². The zero-order valence-corrected chi connectivity index (χ0v) is 12.6. The van der Waals surface area contributed by atoms with Crippen LogP contribution in [0.1, 0.15) is 51.4 Å². The van der Waals surface area contributed by atoms with Crippen LogP contribution in [-0.4, -0.2) is 29.6 Å². The van der Waals surface area contributed by atoms with Gasteiger partial charge in [0.05, 0.1) is 0 Å². The molecule has 4 bridgehead atoms. The first-order valence-electron chi connectivity index (χ1n) is 8.23. The third-order valence-corrected chi connectivity index (χ3v) is 5.83. The molecular weight excluding hydrogens is 286 g/mol. The van der Waals surface area contributed by atoms with Crippen LogP contribution in [0.15, 0.2) is 0 Å². The lowest BCUT2D eigenvalue weighted by molar-refractivity contribution is -0.179. The fourth-order valence-electron chi connectivity index (χ4n) is 5.44. The molecule has 1 heterocycles. The highest BCUT2D eigenvalue weighted by Gasteiger charge is 2.51. The number of imide groups is 1. The summed E-state index contributed by atoms with van der Waals surface area (Å²) in [6.07, 6.45) is 6.67. The molecule has 0 radical (unpaired) electrons. The van der Waals surface area contributed by atoms with E-state index in [2.05, 4.69) is 0 Å². The maximum absolute atomic E-state index is 11.8. The predicted molar refractivity (Wildman–Crippen MR) is 74.1 cm³/mol. The van der Waals surface area contributed by atoms with Gasteiger partial charge in [0.25, 0.3) is 11.8 Å². The van der Waals surface area contributed by atoms with Gasteiger partial charge in [0.1, 0.15) is 6.61 Å². The van der Waals surface area contributed by atoms with Crippen molar-refractivity contribution in [3.63, 3.8) is 0 Å². The van der Waals surface area contributed by atoms with Crippen LogP contribution in [0.3, 0.4) is 0 Å². The van der Waals surface area contributed by atoms with Gasteiger partial charge in [-0.05, 0) is 56.3 Å². The molecule has 0 aromatic carbocycles. The first-order valence-corrected chi connectivity index (χ1v) is 8.23. The summed E-state index contributed by atoms with van der Waals surface area (Å²) in [7, 11) is 0. The summed E-state index contributed by atoms with van der Waals surface area (Å²) in [6, 6.07) is 0. The maximum Gasteiger partial charge on any atom is 0.533 e. The molecule has 0 atom stereocenters. The zero-order chi connectivity index (χ0) is 15.3. The molecule has 5 rings (SSSR count). The van der Waals surface area contributed by atoms with E-state index in [-0.39, 0.29) is 18.3 Å². The number of rotatable bonds is 3. The Hall–Kier alpha value is -1.59. The number of nitrogens with zero attached hydrogens (tertiary/aromatic N) is 1. The molecule has 0 aromatic rings. The van der Waals surface area contributed by atoms with Gasteiger partial charge >= 0.3 is 6.16 Å². The quantitative estimate of drug-likeness (QED) is 0.591. The maximum atomic E-state index is 11.8. The van der Waals surface area contributed by atoms with Crippen molar-refractivity contribution >= 4 is 18.0 Å². The molecule has 0 spiro atoms. The number of hydrogen-bond donors (Lipinski definition) is 0. The molecule has 5 aliphatic rings. The van der Waals surface area contributed by atoms with Crippen LogP contribution < -0.4 is 0 Å². The van der Waals surface area contributed by atoms with E-state index in [1.807, 2.05) is 0 Å². The van der Waals surface area contributed by atoms with E-state index >= 15 is 0 Å². The van der Waals surface area contributed by atoms with E-state index in [1.165, 1.54) is 19.3 Å². The number of carbonyl (C=O) groups is 3. The van der Waals surface area contributed by atoms with Gasteiger partial charge in [0.2, 0.25) is 0 Å². The van der Waals surface area contributed by atoms with Crippen LogP contribution in [0.2, 0.25) is 0 Å². The minimum absolute atomic E-state index is 0.0983. The summed E-state index contributed by atoms with van der Waals surface area (Å²) in [5.41, 5.74) is 0.104. The highest BCUT2D eigenvalue weighted by atomic mass is 16.8. The lowest BCUT2D eigenvalue weighted by atomic mass is 9.50. The van der Waals surface area contributed by atoms with E-state index in [9.17, 15) is 14.4 Å². The van der Waals surface area contributed by atoms with Gasteiger partial charge in [-0.15, -0.1) is 0 Å². The molecule has 120 valence electrons. The largest absolute Gasteiger partial charge is 0.533 e. The Morgan fingerprint density at radius 1 is 1.00 bits per heavy atom. The number of hydroxylamine groups is 2. The molecule has 2 amide bonds. The van der Waals surface area contributed by atoms with Crippen LogP contribution in [0, 0.1) is 23.2 Å². The second-order valence-electron chi connectivity index (χ2n) is 7.63. The van der Waals surface area contributed by atoms with Gasteiger partial charge in [-0.3, -0.25) is 14.4 Å². The van der Waals surface area contributed by atoms with Crippen molar-refractivity contribution in [2.75, 3.05) is 6.61 Å². The summed E-state index contributed by atoms with van der Waals surface area (Å²) in [5.74, 6) is 1.40. The van der Waals surface area contributed by atoms with Gasteiger partial charge < -0.3 is 4.74 Å². The monoisotopic (exact) mass is 307 g/mol. The number of hydrogen-bond acceptors (Lipinski definition) is 5. The minimum atomic E-state index is -0.931. The zero-order valence-electron chi connectivity index (χ0n) is 12.6. The standard InChI is InChI=1S/C16H21NO5/c18-13-1-2-14(19)17(13)22-15(20)21-9-16-6-10-3-11(7-16)5-12(4-10)8-16/h10-12H,1-9H2. The molecule has 5 fully saturated rings. The molecule has 1 saturated heterocycles. The Labute approximate surface area is 129 Å². The van der Waals surface area contributed by atoms with Crippen molar-refractivity contribution in [3.8, 4) is 0 Å². The lowest BCUT2D eigenvalue weighted by Crippen LogP contribution is -2.48.